The molecule has 2 heterocycles. The minimum Gasteiger partial charge on any atom is -0.490 e. The molecule has 198 valence electrons. The third-order valence-corrected chi connectivity index (χ3v) is 10.4. The third kappa shape index (κ3) is 2.89. The normalized spacial score (nSPS) is 21.8. The van der Waals surface area contributed by atoms with Crippen molar-refractivity contribution >= 4 is 28.4 Å². The molecular weight excluding hydrogens is 499 g/mol. The van der Waals surface area contributed by atoms with Crippen LogP contribution >= 0.6 is 0 Å². The average Bonchev–Trinajstić information content (AvgIpc) is 3.35. The van der Waals surface area contributed by atoms with Crippen LogP contribution in [0, 0.1) is 0 Å². The zero-order chi connectivity index (χ0) is 27.7. The van der Waals surface area contributed by atoms with Crippen LogP contribution in [0.2, 0.25) is 0 Å². The third-order valence-electron chi connectivity index (χ3n) is 10.4. The summed E-state index contributed by atoms with van der Waals surface area (Å²) in [5.74, 6) is 3.21. The fourth-order valence-electron chi connectivity index (χ4n) is 8.49. The number of hydrogen-bond acceptors (Lipinski definition) is 2. The Hall–Kier alpha value is -4.24. The maximum absolute atomic E-state index is 7.03. The minimum atomic E-state index is -0.196. The van der Waals surface area contributed by atoms with Crippen molar-refractivity contribution in [2.45, 2.75) is 50.4 Å². The monoisotopic (exact) mass is 530 g/mol. The van der Waals surface area contributed by atoms with Crippen LogP contribution < -0.4 is 14.9 Å². The molecule has 0 N–H and O–H groups in total. The van der Waals surface area contributed by atoms with Crippen molar-refractivity contribution in [1.29, 1.82) is 0 Å². The molecule has 2 nitrogen and oxygen atoms in total. The fourth-order valence-corrected chi connectivity index (χ4v) is 8.49. The van der Waals surface area contributed by atoms with E-state index in [2.05, 4.69) is 131 Å². The minimum absolute atomic E-state index is 0.0185. The van der Waals surface area contributed by atoms with Gasteiger partial charge in [-0.25, -0.2) is 0 Å². The lowest BCUT2D eigenvalue weighted by Gasteiger charge is -2.43. The highest BCUT2D eigenvalue weighted by molar-refractivity contribution is 6.93. The molecule has 2 aliphatic heterocycles. The van der Waals surface area contributed by atoms with E-state index in [1.165, 1.54) is 55.1 Å². The predicted octanol–water partition coefficient (Wildman–Crippen LogP) is 8.22. The van der Waals surface area contributed by atoms with Crippen LogP contribution in [-0.4, -0.2) is 12.8 Å². The number of allylic oxidation sites excluding steroid dienone is 1. The Morgan fingerprint density at radius 2 is 1.41 bits per heavy atom. The molecule has 41 heavy (non-hydrogen) atoms. The van der Waals surface area contributed by atoms with Crippen LogP contribution in [0.25, 0.3) is 27.4 Å². The van der Waals surface area contributed by atoms with Crippen molar-refractivity contribution < 1.29 is 9.47 Å². The van der Waals surface area contributed by atoms with Crippen molar-refractivity contribution in [3.8, 4) is 22.6 Å². The van der Waals surface area contributed by atoms with Gasteiger partial charge in [0.2, 0.25) is 6.71 Å². The summed E-state index contributed by atoms with van der Waals surface area (Å²) in [6.07, 6.45) is 0.0185. The molecule has 2 unspecified atom stereocenters. The zero-order valence-corrected chi connectivity index (χ0v) is 23.9. The molecule has 0 bridgehead atoms. The van der Waals surface area contributed by atoms with Crippen LogP contribution in [0.5, 0.6) is 11.5 Å². The van der Waals surface area contributed by atoms with Crippen molar-refractivity contribution in [2.75, 3.05) is 0 Å². The van der Waals surface area contributed by atoms with Crippen molar-refractivity contribution in [1.82, 2.24) is 0 Å². The predicted molar refractivity (Wildman–Crippen MR) is 168 cm³/mol. The Morgan fingerprint density at radius 1 is 0.683 bits per heavy atom. The van der Waals surface area contributed by atoms with Gasteiger partial charge in [-0.05, 0) is 81.7 Å². The maximum atomic E-state index is 7.03. The van der Waals surface area contributed by atoms with Gasteiger partial charge in [-0.1, -0.05) is 98.8 Å². The van der Waals surface area contributed by atoms with Gasteiger partial charge in [-0.2, -0.15) is 0 Å². The summed E-state index contributed by atoms with van der Waals surface area (Å²) in [6.45, 7) is 9.55. The smallest absolute Gasteiger partial charge is 0.235 e. The molecule has 5 aromatic carbocycles. The van der Waals surface area contributed by atoms with Gasteiger partial charge >= 0.3 is 0 Å². The van der Waals surface area contributed by atoms with Gasteiger partial charge in [-0.3, -0.25) is 0 Å². The molecule has 0 saturated carbocycles. The molecule has 4 aliphatic rings. The van der Waals surface area contributed by atoms with Gasteiger partial charge in [0.15, 0.2) is 0 Å². The van der Waals surface area contributed by atoms with Gasteiger partial charge < -0.3 is 9.47 Å². The molecule has 0 amide bonds. The molecule has 0 radical (unpaired) electrons. The lowest BCUT2D eigenvalue weighted by atomic mass is 9.29. The van der Waals surface area contributed by atoms with Crippen molar-refractivity contribution in [2.24, 2.45) is 0 Å². The molecule has 2 atom stereocenters. The van der Waals surface area contributed by atoms with Crippen LogP contribution in [0.1, 0.15) is 55.8 Å². The molecule has 0 saturated heterocycles. The molecule has 2 aliphatic carbocycles. The van der Waals surface area contributed by atoms with Crippen molar-refractivity contribution in [3.63, 3.8) is 0 Å². The van der Waals surface area contributed by atoms with Crippen molar-refractivity contribution in [3.05, 3.63) is 131 Å². The Kier molecular flexibility index (Phi) is 4.43. The van der Waals surface area contributed by atoms with Crippen LogP contribution in [-0.2, 0) is 10.8 Å². The first-order valence-electron chi connectivity index (χ1n) is 14.8. The summed E-state index contributed by atoms with van der Waals surface area (Å²) in [5.41, 5.74) is 10.2. The van der Waals surface area contributed by atoms with E-state index in [-0.39, 0.29) is 29.5 Å². The highest BCUT2D eigenvalue weighted by Crippen LogP contribution is 2.59. The summed E-state index contributed by atoms with van der Waals surface area (Å²) < 4.78 is 13.9. The average molecular weight is 530 g/mol. The SMILES string of the molecule is CC1(C)C2=C(B3c4c(cccc4OC4C3c3cc5cccc(-c6ccccc6)c5cc3C4(C)C)O2)c2ccccc21. The van der Waals surface area contributed by atoms with E-state index in [1.54, 1.807) is 0 Å². The zero-order valence-electron chi connectivity index (χ0n) is 23.9. The summed E-state index contributed by atoms with van der Waals surface area (Å²) in [6, 6.07) is 37.7. The largest absolute Gasteiger partial charge is 0.490 e. The van der Waals surface area contributed by atoms with E-state index in [1.807, 2.05) is 0 Å². The molecule has 0 fully saturated rings. The van der Waals surface area contributed by atoms with E-state index in [0.29, 0.717) is 0 Å². The summed E-state index contributed by atoms with van der Waals surface area (Å²) in [7, 11) is 0. The highest BCUT2D eigenvalue weighted by Gasteiger charge is 2.60. The van der Waals surface area contributed by atoms with E-state index in [0.717, 1.165) is 17.3 Å². The van der Waals surface area contributed by atoms with E-state index in [9.17, 15) is 0 Å². The first-order valence-corrected chi connectivity index (χ1v) is 14.8. The molecule has 5 aromatic rings. The van der Waals surface area contributed by atoms with E-state index >= 15 is 0 Å². The van der Waals surface area contributed by atoms with Crippen LogP contribution in [0.4, 0.5) is 0 Å². The van der Waals surface area contributed by atoms with E-state index < -0.39 is 0 Å². The van der Waals surface area contributed by atoms with Gasteiger partial charge in [-0.15, -0.1) is 0 Å². The Morgan fingerprint density at radius 3 is 2.27 bits per heavy atom. The highest BCUT2D eigenvalue weighted by atomic mass is 16.5. The summed E-state index contributed by atoms with van der Waals surface area (Å²) in [5, 5.41) is 2.59. The van der Waals surface area contributed by atoms with E-state index in [4.69, 9.17) is 9.47 Å². The first kappa shape index (κ1) is 23.5. The lowest BCUT2D eigenvalue weighted by Crippen LogP contribution is -2.54. The lowest BCUT2D eigenvalue weighted by molar-refractivity contribution is 0.131. The summed E-state index contributed by atoms with van der Waals surface area (Å²) >= 11 is 0. The van der Waals surface area contributed by atoms with Gasteiger partial charge in [0.25, 0.3) is 0 Å². The standard InChI is InChI=1S/C38H31BO2/c1-37(2)28-17-9-8-15-25(28)32-35(37)40-30-18-11-19-31-34(30)39(32)33-27-20-23-14-10-16-24(22-12-6-5-7-13-22)26(23)21-29(27)38(3,4)36(33)41-31/h5-21,33,36H,1-4H3. The Balaban J connectivity index is 1.33. The molecule has 9 rings (SSSR count). The van der Waals surface area contributed by atoms with Gasteiger partial charge in [0.1, 0.15) is 23.4 Å². The molecular formula is C38H31BO2. The second-order valence-corrected chi connectivity index (χ2v) is 13.3. The number of benzene rings is 5. The first-order chi connectivity index (χ1) is 19.9. The number of ether oxygens (including phenoxy) is 2. The van der Waals surface area contributed by atoms with Crippen LogP contribution in [0.15, 0.2) is 109 Å². The molecule has 3 heteroatoms. The number of rotatable bonds is 1. The fraction of sp³-hybridized carbons (Fsp3) is 0.211. The Bertz CT molecular complexity index is 1970. The molecule has 0 aromatic heterocycles. The molecule has 0 spiro atoms. The number of hydrogen-bond donors (Lipinski definition) is 0. The number of fused-ring (bicyclic) bond motifs is 8. The van der Waals surface area contributed by atoms with Gasteiger partial charge in [0, 0.05) is 22.1 Å². The second-order valence-electron chi connectivity index (χ2n) is 13.3. The summed E-state index contributed by atoms with van der Waals surface area (Å²) in [4.78, 5) is 0. The van der Waals surface area contributed by atoms with Crippen LogP contribution in [0.3, 0.4) is 0 Å². The second kappa shape index (κ2) is 7.73. The van der Waals surface area contributed by atoms with Gasteiger partial charge in [0.05, 0.1) is 0 Å². The maximum Gasteiger partial charge on any atom is 0.235 e. The quantitative estimate of drug-likeness (QED) is 0.203. The Labute approximate surface area is 241 Å². The topological polar surface area (TPSA) is 18.5 Å².